The number of carbonyl (C=O) groups is 1. The molecular formula is C10H13NO3. The fraction of sp³-hybridized carbons (Fsp3) is 0.400. The first-order chi connectivity index (χ1) is 6.56. The maximum atomic E-state index is 10.9. The van der Waals surface area contributed by atoms with Crippen LogP contribution < -0.4 is 4.74 Å². The Morgan fingerprint density at radius 2 is 2.14 bits per heavy atom. The molecule has 0 bridgehead atoms. The molecule has 14 heavy (non-hydrogen) atoms. The van der Waals surface area contributed by atoms with E-state index in [1.165, 1.54) is 7.11 Å². The lowest BCUT2D eigenvalue weighted by Gasteiger charge is -2.09. The van der Waals surface area contributed by atoms with Gasteiger partial charge in [0.1, 0.15) is 0 Å². The standard InChI is InChI=1S/C10H13NO3/c1-6(2)7-4-5-8(14-3)11-9(7)10(12)13/h4-6H,1-3H3,(H,12,13). The zero-order chi connectivity index (χ0) is 10.7. The van der Waals surface area contributed by atoms with Crippen LogP contribution in [-0.2, 0) is 0 Å². The number of aromatic carboxylic acids is 1. The number of hydrogen-bond acceptors (Lipinski definition) is 3. The van der Waals surface area contributed by atoms with Gasteiger partial charge in [-0.3, -0.25) is 0 Å². The SMILES string of the molecule is COc1ccc(C(C)C)c(C(=O)O)n1. The quantitative estimate of drug-likeness (QED) is 0.800. The summed E-state index contributed by atoms with van der Waals surface area (Å²) in [6.07, 6.45) is 0. The molecule has 0 aromatic carbocycles. The second kappa shape index (κ2) is 4.09. The van der Waals surface area contributed by atoms with Gasteiger partial charge in [-0.15, -0.1) is 0 Å². The molecule has 0 radical (unpaired) electrons. The van der Waals surface area contributed by atoms with E-state index in [1.54, 1.807) is 12.1 Å². The van der Waals surface area contributed by atoms with Gasteiger partial charge in [0, 0.05) is 6.07 Å². The average Bonchev–Trinajstić information content (AvgIpc) is 2.16. The van der Waals surface area contributed by atoms with Gasteiger partial charge in [0.25, 0.3) is 0 Å². The summed E-state index contributed by atoms with van der Waals surface area (Å²) in [5.41, 5.74) is 0.789. The lowest BCUT2D eigenvalue weighted by molar-refractivity contribution is 0.0687. The number of aromatic nitrogens is 1. The van der Waals surface area contributed by atoms with Gasteiger partial charge in [-0.1, -0.05) is 19.9 Å². The minimum Gasteiger partial charge on any atom is -0.481 e. The van der Waals surface area contributed by atoms with Crippen LogP contribution in [0.15, 0.2) is 12.1 Å². The Hall–Kier alpha value is -1.58. The number of hydrogen-bond donors (Lipinski definition) is 1. The largest absolute Gasteiger partial charge is 0.481 e. The summed E-state index contributed by atoms with van der Waals surface area (Å²) in [7, 11) is 1.46. The molecule has 0 aliphatic carbocycles. The molecule has 1 aromatic rings. The number of carboxylic acid groups (broad SMARTS) is 1. The number of methoxy groups -OCH3 is 1. The maximum absolute atomic E-state index is 10.9. The summed E-state index contributed by atoms with van der Waals surface area (Å²) in [6, 6.07) is 3.40. The third kappa shape index (κ3) is 2.02. The average molecular weight is 195 g/mol. The van der Waals surface area contributed by atoms with Crippen molar-refractivity contribution in [3.63, 3.8) is 0 Å². The van der Waals surface area contributed by atoms with Crippen molar-refractivity contribution >= 4 is 5.97 Å². The van der Waals surface area contributed by atoms with Crippen molar-refractivity contribution < 1.29 is 14.6 Å². The van der Waals surface area contributed by atoms with E-state index in [4.69, 9.17) is 9.84 Å². The van der Waals surface area contributed by atoms with E-state index in [9.17, 15) is 4.79 Å². The van der Waals surface area contributed by atoms with E-state index in [0.29, 0.717) is 5.88 Å². The van der Waals surface area contributed by atoms with Gasteiger partial charge in [-0.05, 0) is 11.5 Å². The molecule has 0 saturated carbocycles. The van der Waals surface area contributed by atoms with Crippen molar-refractivity contribution in [3.8, 4) is 5.88 Å². The third-order valence-corrected chi connectivity index (χ3v) is 1.93. The predicted octanol–water partition coefficient (Wildman–Crippen LogP) is 1.91. The van der Waals surface area contributed by atoms with Crippen molar-refractivity contribution in [1.29, 1.82) is 0 Å². The number of nitrogens with zero attached hydrogens (tertiary/aromatic N) is 1. The molecule has 1 N–H and O–H groups in total. The Balaban J connectivity index is 3.24. The monoisotopic (exact) mass is 195 g/mol. The second-order valence-electron chi connectivity index (χ2n) is 3.25. The van der Waals surface area contributed by atoms with Crippen LogP contribution >= 0.6 is 0 Å². The molecule has 4 heteroatoms. The first-order valence-electron chi connectivity index (χ1n) is 4.34. The summed E-state index contributed by atoms with van der Waals surface area (Å²) in [5, 5.41) is 8.92. The van der Waals surface area contributed by atoms with Crippen molar-refractivity contribution in [2.24, 2.45) is 0 Å². The molecule has 0 unspecified atom stereocenters. The molecule has 4 nitrogen and oxygen atoms in total. The molecule has 76 valence electrons. The summed E-state index contributed by atoms with van der Waals surface area (Å²) >= 11 is 0. The van der Waals surface area contributed by atoms with E-state index in [-0.39, 0.29) is 11.6 Å². The van der Waals surface area contributed by atoms with Crippen molar-refractivity contribution in [2.45, 2.75) is 19.8 Å². The van der Waals surface area contributed by atoms with E-state index < -0.39 is 5.97 Å². The molecule has 1 rings (SSSR count). The topological polar surface area (TPSA) is 59.4 Å². The predicted molar refractivity (Wildman–Crippen MR) is 51.8 cm³/mol. The van der Waals surface area contributed by atoms with Crippen LogP contribution in [-0.4, -0.2) is 23.2 Å². The number of carboxylic acids is 1. The highest BCUT2D eigenvalue weighted by atomic mass is 16.5. The van der Waals surface area contributed by atoms with Crippen LogP contribution in [0.1, 0.15) is 35.8 Å². The summed E-state index contributed by atoms with van der Waals surface area (Å²) in [4.78, 5) is 14.8. The molecule has 0 aliphatic heterocycles. The third-order valence-electron chi connectivity index (χ3n) is 1.93. The van der Waals surface area contributed by atoms with Crippen molar-refractivity contribution in [2.75, 3.05) is 7.11 Å². The molecule has 1 heterocycles. The normalized spacial score (nSPS) is 10.3. The summed E-state index contributed by atoms with van der Waals surface area (Å²) in [5.74, 6) is -0.557. The fourth-order valence-corrected chi connectivity index (χ4v) is 1.20. The van der Waals surface area contributed by atoms with E-state index in [2.05, 4.69) is 4.98 Å². The van der Waals surface area contributed by atoms with Gasteiger partial charge in [0.05, 0.1) is 7.11 Å². The van der Waals surface area contributed by atoms with E-state index in [1.807, 2.05) is 13.8 Å². The Kier molecular flexibility index (Phi) is 3.06. The molecule has 0 atom stereocenters. The smallest absolute Gasteiger partial charge is 0.354 e. The van der Waals surface area contributed by atoms with Crippen LogP contribution in [0.2, 0.25) is 0 Å². The molecule has 0 aliphatic rings. The van der Waals surface area contributed by atoms with Gasteiger partial charge in [-0.25, -0.2) is 9.78 Å². The highest BCUT2D eigenvalue weighted by molar-refractivity contribution is 5.87. The van der Waals surface area contributed by atoms with Gasteiger partial charge in [0.15, 0.2) is 5.69 Å². The van der Waals surface area contributed by atoms with Crippen LogP contribution in [0.25, 0.3) is 0 Å². The van der Waals surface area contributed by atoms with Gasteiger partial charge < -0.3 is 9.84 Å². The number of rotatable bonds is 3. The van der Waals surface area contributed by atoms with Crippen molar-refractivity contribution in [1.82, 2.24) is 4.98 Å². The summed E-state index contributed by atoms with van der Waals surface area (Å²) in [6.45, 7) is 3.85. The first kappa shape index (κ1) is 10.5. The summed E-state index contributed by atoms with van der Waals surface area (Å²) < 4.78 is 4.87. The van der Waals surface area contributed by atoms with Gasteiger partial charge >= 0.3 is 5.97 Å². The minimum atomic E-state index is -1.02. The van der Waals surface area contributed by atoms with Crippen molar-refractivity contribution in [3.05, 3.63) is 23.4 Å². The second-order valence-corrected chi connectivity index (χ2v) is 3.25. The zero-order valence-electron chi connectivity index (χ0n) is 8.44. The van der Waals surface area contributed by atoms with Crippen LogP contribution in [0.3, 0.4) is 0 Å². The fourth-order valence-electron chi connectivity index (χ4n) is 1.20. The van der Waals surface area contributed by atoms with Crippen LogP contribution in [0.5, 0.6) is 5.88 Å². The van der Waals surface area contributed by atoms with Crippen LogP contribution in [0.4, 0.5) is 0 Å². The Morgan fingerprint density at radius 3 is 2.57 bits per heavy atom. The zero-order valence-corrected chi connectivity index (χ0v) is 8.44. The van der Waals surface area contributed by atoms with Gasteiger partial charge in [0.2, 0.25) is 5.88 Å². The number of ether oxygens (including phenoxy) is 1. The molecule has 0 amide bonds. The van der Waals surface area contributed by atoms with E-state index in [0.717, 1.165) is 5.56 Å². The lowest BCUT2D eigenvalue weighted by Crippen LogP contribution is -2.07. The van der Waals surface area contributed by atoms with Crippen LogP contribution in [0, 0.1) is 0 Å². The minimum absolute atomic E-state index is 0.0688. The molecule has 0 saturated heterocycles. The first-order valence-corrected chi connectivity index (χ1v) is 4.34. The Bertz CT molecular complexity index is 347. The molecule has 0 spiro atoms. The Morgan fingerprint density at radius 1 is 1.50 bits per heavy atom. The highest BCUT2D eigenvalue weighted by Gasteiger charge is 2.15. The highest BCUT2D eigenvalue weighted by Crippen LogP contribution is 2.20. The van der Waals surface area contributed by atoms with Gasteiger partial charge in [-0.2, -0.15) is 0 Å². The molecular weight excluding hydrogens is 182 g/mol. The van der Waals surface area contributed by atoms with E-state index >= 15 is 0 Å². The lowest BCUT2D eigenvalue weighted by atomic mass is 10.0. The number of pyridine rings is 1. The Labute approximate surface area is 82.5 Å². The molecule has 0 fully saturated rings. The molecule has 1 aromatic heterocycles. The maximum Gasteiger partial charge on any atom is 0.354 e.